The Hall–Kier alpha value is -1.30. The van der Waals surface area contributed by atoms with Gasteiger partial charge >= 0.3 is 12.0 Å². The van der Waals surface area contributed by atoms with Crippen molar-refractivity contribution in [1.82, 2.24) is 10.6 Å². The van der Waals surface area contributed by atoms with Crippen LogP contribution in [0.5, 0.6) is 0 Å². The molecule has 0 aromatic carbocycles. The first-order valence-electron chi connectivity index (χ1n) is 6.37. The molecule has 0 aromatic heterocycles. The van der Waals surface area contributed by atoms with E-state index in [0.717, 1.165) is 25.7 Å². The van der Waals surface area contributed by atoms with Gasteiger partial charge in [-0.1, -0.05) is 19.3 Å². The van der Waals surface area contributed by atoms with Crippen molar-refractivity contribution in [1.29, 1.82) is 0 Å². The maximum Gasteiger partial charge on any atom is 0.314 e. The molecule has 0 aromatic rings. The molecule has 1 rings (SSSR count). The van der Waals surface area contributed by atoms with Gasteiger partial charge in [0, 0.05) is 20.2 Å². The molecule has 3 N–H and O–H groups in total. The highest BCUT2D eigenvalue weighted by atomic mass is 16.5. The van der Waals surface area contributed by atoms with Gasteiger partial charge in [-0.25, -0.2) is 4.79 Å². The number of carboxylic acid groups (broad SMARTS) is 1. The van der Waals surface area contributed by atoms with Crippen LogP contribution in [0.25, 0.3) is 0 Å². The van der Waals surface area contributed by atoms with E-state index in [0.29, 0.717) is 6.54 Å². The molecule has 0 aliphatic heterocycles. The van der Waals surface area contributed by atoms with Gasteiger partial charge in [-0.3, -0.25) is 4.79 Å². The molecule has 0 unspecified atom stereocenters. The lowest BCUT2D eigenvalue weighted by Gasteiger charge is -2.36. The minimum atomic E-state index is -0.920. The minimum Gasteiger partial charge on any atom is -0.481 e. The van der Waals surface area contributed by atoms with E-state index in [2.05, 4.69) is 10.6 Å². The summed E-state index contributed by atoms with van der Waals surface area (Å²) in [5.74, 6) is -0.920. The molecule has 1 saturated carbocycles. The number of carbonyl (C=O) groups is 2. The number of methoxy groups -OCH3 is 1. The summed E-state index contributed by atoms with van der Waals surface area (Å²) in [6, 6.07) is -0.335. The van der Waals surface area contributed by atoms with Crippen molar-refractivity contribution in [3.05, 3.63) is 0 Å². The highest BCUT2D eigenvalue weighted by Gasteiger charge is 2.32. The average Bonchev–Trinajstić information content (AvgIpc) is 2.37. The molecule has 2 amide bonds. The first-order valence-corrected chi connectivity index (χ1v) is 6.37. The van der Waals surface area contributed by atoms with Gasteiger partial charge in [-0.2, -0.15) is 0 Å². The van der Waals surface area contributed by atoms with Gasteiger partial charge in [0.2, 0.25) is 0 Å². The lowest BCUT2D eigenvalue weighted by atomic mass is 9.84. The van der Waals surface area contributed by atoms with Crippen LogP contribution in [0.15, 0.2) is 0 Å². The number of hydrogen-bond acceptors (Lipinski definition) is 3. The lowest BCUT2D eigenvalue weighted by Crippen LogP contribution is -2.48. The van der Waals surface area contributed by atoms with E-state index in [9.17, 15) is 9.59 Å². The number of carboxylic acids is 1. The molecule has 0 spiro atoms. The van der Waals surface area contributed by atoms with E-state index in [1.807, 2.05) is 0 Å². The summed E-state index contributed by atoms with van der Waals surface area (Å²) in [7, 11) is 1.68. The third-order valence-corrected chi connectivity index (χ3v) is 3.39. The van der Waals surface area contributed by atoms with Crippen molar-refractivity contribution < 1.29 is 19.4 Å². The average molecular weight is 258 g/mol. The molecular weight excluding hydrogens is 236 g/mol. The van der Waals surface area contributed by atoms with Crippen LogP contribution < -0.4 is 10.6 Å². The number of amides is 2. The van der Waals surface area contributed by atoms with Crippen LogP contribution in [0.3, 0.4) is 0 Å². The van der Waals surface area contributed by atoms with Crippen molar-refractivity contribution in [3.8, 4) is 0 Å². The maximum atomic E-state index is 11.5. The Morgan fingerprint density at radius 1 is 1.22 bits per heavy atom. The molecule has 1 aliphatic carbocycles. The van der Waals surface area contributed by atoms with E-state index in [1.54, 1.807) is 7.11 Å². The zero-order valence-corrected chi connectivity index (χ0v) is 10.8. The van der Waals surface area contributed by atoms with Gasteiger partial charge in [0.15, 0.2) is 0 Å². The monoisotopic (exact) mass is 258 g/mol. The predicted octanol–water partition coefficient (Wildman–Crippen LogP) is 1.11. The normalized spacial score (nSPS) is 18.1. The quantitative estimate of drug-likeness (QED) is 0.666. The van der Waals surface area contributed by atoms with Gasteiger partial charge < -0.3 is 20.5 Å². The number of urea groups is 1. The summed E-state index contributed by atoms with van der Waals surface area (Å²) in [5, 5.41) is 13.7. The topological polar surface area (TPSA) is 87.7 Å². The Kier molecular flexibility index (Phi) is 5.91. The number of carbonyl (C=O) groups excluding carboxylic acids is 1. The predicted molar refractivity (Wildman–Crippen MR) is 66.5 cm³/mol. The molecule has 18 heavy (non-hydrogen) atoms. The lowest BCUT2D eigenvalue weighted by molar-refractivity contribution is -0.136. The SMILES string of the molecule is COC1(CNC(=O)NCCC(=O)O)CCCCC1. The summed E-state index contributed by atoms with van der Waals surface area (Å²) >= 11 is 0. The van der Waals surface area contributed by atoms with Gasteiger partial charge in [-0.05, 0) is 12.8 Å². The summed E-state index contributed by atoms with van der Waals surface area (Å²) in [5.41, 5.74) is -0.248. The van der Waals surface area contributed by atoms with E-state index >= 15 is 0 Å². The van der Waals surface area contributed by atoms with E-state index in [-0.39, 0.29) is 24.6 Å². The van der Waals surface area contributed by atoms with Crippen molar-refractivity contribution in [2.24, 2.45) is 0 Å². The smallest absolute Gasteiger partial charge is 0.314 e. The van der Waals surface area contributed by atoms with Crippen molar-refractivity contribution in [2.45, 2.75) is 44.1 Å². The van der Waals surface area contributed by atoms with Crippen LogP contribution >= 0.6 is 0 Å². The fourth-order valence-electron chi connectivity index (χ4n) is 2.24. The molecular formula is C12H22N2O4. The highest BCUT2D eigenvalue weighted by molar-refractivity contribution is 5.75. The van der Waals surface area contributed by atoms with Crippen molar-refractivity contribution in [2.75, 3.05) is 20.2 Å². The van der Waals surface area contributed by atoms with Crippen LogP contribution in [0, 0.1) is 0 Å². The molecule has 0 heterocycles. The summed E-state index contributed by atoms with van der Waals surface area (Å²) in [6.07, 6.45) is 5.31. The standard InChI is InChI=1S/C12H22N2O4/c1-18-12(6-3-2-4-7-12)9-14-11(17)13-8-5-10(15)16/h2-9H2,1H3,(H,15,16)(H2,13,14,17). The van der Waals surface area contributed by atoms with E-state index in [4.69, 9.17) is 9.84 Å². The maximum absolute atomic E-state index is 11.5. The Balaban J connectivity index is 2.25. The fraction of sp³-hybridized carbons (Fsp3) is 0.833. The number of hydrogen-bond donors (Lipinski definition) is 3. The minimum absolute atomic E-state index is 0.0666. The second-order valence-electron chi connectivity index (χ2n) is 4.70. The van der Waals surface area contributed by atoms with E-state index in [1.165, 1.54) is 6.42 Å². The number of nitrogens with one attached hydrogen (secondary N) is 2. The third-order valence-electron chi connectivity index (χ3n) is 3.39. The van der Waals surface area contributed by atoms with Gasteiger partial charge in [0.25, 0.3) is 0 Å². The van der Waals surface area contributed by atoms with Gasteiger partial charge in [0.1, 0.15) is 0 Å². The van der Waals surface area contributed by atoms with Crippen molar-refractivity contribution in [3.63, 3.8) is 0 Å². The molecule has 0 radical (unpaired) electrons. The van der Waals surface area contributed by atoms with Crippen LogP contribution in [-0.2, 0) is 9.53 Å². The molecule has 1 aliphatic rings. The zero-order valence-electron chi connectivity index (χ0n) is 10.8. The third kappa shape index (κ3) is 4.91. The number of rotatable bonds is 6. The van der Waals surface area contributed by atoms with Gasteiger partial charge in [-0.15, -0.1) is 0 Å². The number of aliphatic carboxylic acids is 1. The second kappa shape index (κ2) is 7.20. The Morgan fingerprint density at radius 2 is 1.89 bits per heavy atom. The summed E-state index contributed by atoms with van der Waals surface area (Å²) in [6.45, 7) is 0.615. The first-order chi connectivity index (χ1) is 8.58. The molecule has 0 saturated heterocycles. The van der Waals surface area contributed by atoms with Crippen LogP contribution in [0.1, 0.15) is 38.5 Å². The Morgan fingerprint density at radius 3 is 2.44 bits per heavy atom. The molecule has 6 heteroatoms. The summed E-state index contributed by atoms with van der Waals surface area (Å²) < 4.78 is 5.54. The second-order valence-corrected chi connectivity index (χ2v) is 4.70. The van der Waals surface area contributed by atoms with Gasteiger partial charge in [0.05, 0.1) is 12.0 Å². The highest BCUT2D eigenvalue weighted by Crippen LogP contribution is 2.30. The molecule has 0 atom stereocenters. The van der Waals surface area contributed by atoms with Crippen molar-refractivity contribution >= 4 is 12.0 Å². The molecule has 104 valence electrons. The molecule has 6 nitrogen and oxygen atoms in total. The Bertz CT molecular complexity index is 288. The molecule has 1 fully saturated rings. The zero-order chi connectivity index (χ0) is 13.4. The Labute approximate surface area is 107 Å². The van der Waals surface area contributed by atoms with Crippen LogP contribution in [0.2, 0.25) is 0 Å². The fourth-order valence-corrected chi connectivity index (χ4v) is 2.24. The number of ether oxygens (including phenoxy) is 1. The van der Waals surface area contributed by atoms with E-state index < -0.39 is 5.97 Å². The largest absolute Gasteiger partial charge is 0.481 e. The summed E-state index contributed by atoms with van der Waals surface area (Å²) in [4.78, 5) is 21.7. The van der Waals surface area contributed by atoms with Crippen LogP contribution in [-0.4, -0.2) is 42.9 Å². The molecule has 0 bridgehead atoms. The van der Waals surface area contributed by atoms with Crippen LogP contribution in [0.4, 0.5) is 4.79 Å². The first kappa shape index (κ1) is 14.8.